The highest BCUT2D eigenvalue weighted by atomic mass is 16.5. The molecule has 1 aromatic rings. The molecule has 1 rings (SSSR count). The number of para-hydroxylation sites is 1. The first-order valence-corrected chi connectivity index (χ1v) is 4.58. The summed E-state index contributed by atoms with van der Waals surface area (Å²) >= 11 is 0. The fourth-order valence-electron chi connectivity index (χ4n) is 1.22. The quantitative estimate of drug-likeness (QED) is 0.719. The van der Waals surface area contributed by atoms with Crippen LogP contribution in [0, 0.1) is 0 Å². The highest BCUT2D eigenvalue weighted by Crippen LogP contribution is 2.12. The zero-order chi connectivity index (χ0) is 9.68. The molecule has 0 saturated carbocycles. The van der Waals surface area contributed by atoms with Crippen molar-refractivity contribution < 1.29 is 5.21 Å². The number of hydrogen-bond donors (Lipinski definition) is 1. The van der Waals surface area contributed by atoms with Crippen molar-refractivity contribution >= 4 is 5.69 Å². The van der Waals surface area contributed by atoms with Gasteiger partial charge >= 0.3 is 0 Å². The summed E-state index contributed by atoms with van der Waals surface area (Å²) in [6.45, 7) is 5.61. The van der Waals surface area contributed by atoms with Gasteiger partial charge in [-0.1, -0.05) is 32.0 Å². The third-order valence-corrected chi connectivity index (χ3v) is 1.99. The molecular formula is C10H16N2O. The Kier molecular flexibility index (Phi) is 3.73. The Morgan fingerprint density at radius 1 is 1.08 bits per heavy atom. The van der Waals surface area contributed by atoms with E-state index in [9.17, 15) is 5.21 Å². The predicted octanol–water partition coefficient (Wildman–Crippen LogP) is 2.14. The average molecular weight is 180 g/mol. The second-order valence-electron chi connectivity index (χ2n) is 2.76. The third kappa shape index (κ3) is 2.44. The van der Waals surface area contributed by atoms with Gasteiger partial charge in [0.1, 0.15) is 0 Å². The lowest BCUT2D eigenvalue weighted by Gasteiger charge is -2.28. The maximum absolute atomic E-state index is 9.74. The first-order chi connectivity index (χ1) is 6.29. The molecule has 1 aromatic carbocycles. The summed E-state index contributed by atoms with van der Waals surface area (Å²) in [4.78, 5) is 0. The summed E-state index contributed by atoms with van der Waals surface area (Å²) in [6.07, 6.45) is 0. The van der Waals surface area contributed by atoms with Gasteiger partial charge in [-0.2, -0.15) is 10.2 Å². The molecule has 0 amide bonds. The predicted molar refractivity (Wildman–Crippen MR) is 53.6 cm³/mol. The Hall–Kier alpha value is -1.06. The molecule has 0 bridgehead atoms. The number of nitrogens with zero attached hydrogens (tertiary/aromatic N) is 2. The van der Waals surface area contributed by atoms with Crippen LogP contribution in [0.3, 0.4) is 0 Å². The van der Waals surface area contributed by atoms with E-state index in [1.54, 1.807) is 0 Å². The van der Waals surface area contributed by atoms with E-state index in [2.05, 4.69) is 0 Å². The maximum Gasteiger partial charge on any atom is 0.0823 e. The van der Waals surface area contributed by atoms with Crippen molar-refractivity contribution in [3.8, 4) is 0 Å². The van der Waals surface area contributed by atoms with Crippen LogP contribution in [-0.2, 0) is 0 Å². The van der Waals surface area contributed by atoms with E-state index < -0.39 is 0 Å². The lowest BCUT2D eigenvalue weighted by atomic mass is 10.3. The molecule has 0 aromatic heterocycles. The molecule has 1 N–H and O–H groups in total. The zero-order valence-electron chi connectivity index (χ0n) is 8.14. The summed E-state index contributed by atoms with van der Waals surface area (Å²) in [6, 6.07) is 9.49. The van der Waals surface area contributed by atoms with Crippen molar-refractivity contribution in [2.45, 2.75) is 13.8 Å². The van der Waals surface area contributed by atoms with Gasteiger partial charge in [0.2, 0.25) is 0 Å². The molecule has 0 aliphatic carbocycles. The highest BCUT2D eigenvalue weighted by Gasteiger charge is 2.08. The number of rotatable bonds is 4. The topological polar surface area (TPSA) is 26.7 Å². The lowest BCUT2D eigenvalue weighted by Crippen LogP contribution is -2.40. The van der Waals surface area contributed by atoms with Crippen molar-refractivity contribution in [1.29, 1.82) is 0 Å². The molecule has 0 unspecified atom stereocenters. The van der Waals surface area contributed by atoms with Gasteiger partial charge in [-0.25, -0.2) is 0 Å². The standard InChI is InChI=1S/C10H16N2O/c1-3-11(4-2)12(13)10-8-6-5-7-9-10/h5-9,13H,3-4H2,1-2H3. The SMILES string of the molecule is CCN(CC)N(O)c1ccccc1. The normalized spacial score (nSPS) is 10.5. The van der Waals surface area contributed by atoms with E-state index in [0.717, 1.165) is 18.8 Å². The number of hydrogen-bond acceptors (Lipinski definition) is 3. The maximum atomic E-state index is 9.74. The van der Waals surface area contributed by atoms with Crippen LogP contribution in [0.15, 0.2) is 30.3 Å². The highest BCUT2D eigenvalue weighted by molar-refractivity contribution is 5.41. The van der Waals surface area contributed by atoms with Crippen molar-refractivity contribution in [1.82, 2.24) is 5.01 Å². The minimum Gasteiger partial charge on any atom is -0.273 e. The van der Waals surface area contributed by atoms with Crippen molar-refractivity contribution in [3.05, 3.63) is 30.3 Å². The average Bonchev–Trinajstić information content (AvgIpc) is 2.21. The molecule has 0 atom stereocenters. The van der Waals surface area contributed by atoms with E-state index in [1.165, 1.54) is 5.17 Å². The summed E-state index contributed by atoms with van der Waals surface area (Å²) in [5.41, 5.74) is 0.797. The molecule has 0 spiro atoms. The Morgan fingerprint density at radius 2 is 1.62 bits per heavy atom. The molecule has 0 saturated heterocycles. The molecule has 0 aliphatic rings. The number of hydrazine groups is 1. The Labute approximate surface area is 79.1 Å². The molecule has 0 aliphatic heterocycles. The van der Waals surface area contributed by atoms with Crippen LogP contribution >= 0.6 is 0 Å². The van der Waals surface area contributed by atoms with Crippen molar-refractivity contribution in [2.75, 3.05) is 18.3 Å². The van der Waals surface area contributed by atoms with Crippen LogP contribution in [-0.4, -0.2) is 23.3 Å². The van der Waals surface area contributed by atoms with E-state index >= 15 is 0 Å². The number of anilines is 1. The largest absolute Gasteiger partial charge is 0.273 e. The zero-order valence-corrected chi connectivity index (χ0v) is 8.14. The molecule has 0 fully saturated rings. The molecule has 3 heteroatoms. The summed E-state index contributed by atoms with van der Waals surface area (Å²) in [5.74, 6) is 0. The van der Waals surface area contributed by atoms with Crippen molar-refractivity contribution in [2.24, 2.45) is 0 Å². The lowest BCUT2D eigenvalue weighted by molar-refractivity contribution is 0.0744. The van der Waals surface area contributed by atoms with Crippen LogP contribution < -0.4 is 5.17 Å². The minimum atomic E-state index is 0.794. The second-order valence-corrected chi connectivity index (χ2v) is 2.76. The Balaban J connectivity index is 2.72. The van der Waals surface area contributed by atoms with Gasteiger partial charge in [0.15, 0.2) is 0 Å². The first-order valence-electron chi connectivity index (χ1n) is 4.58. The minimum absolute atomic E-state index is 0.794. The van der Waals surface area contributed by atoms with Gasteiger partial charge in [0.05, 0.1) is 5.69 Å². The molecular weight excluding hydrogens is 164 g/mol. The van der Waals surface area contributed by atoms with Gasteiger partial charge in [-0.15, -0.1) is 0 Å². The van der Waals surface area contributed by atoms with Crippen LogP contribution in [0.2, 0.25) is 0 Å². The van der Waals surface area contributed by atoms with Gasteiger partial charge in [0, 0.05) is 13.1 Å². The molecule has 72 valence electrons. The third-order valence-electron chi connectivity index (χ3n) is 1.99. The van der Waals surface area contributed by atoms with Gasteiger partial charge in [-0.3, -0.25) is 5.21 Å². The molecule has 0 radical (unpaired) electrons. The van der Waals surface area contributed by atoms with Crippen LogP contribution in [0.4, 0.5) is 5.69 Å². The first kappa shape index (κ1) is 10.0. The fraction of sp³-hybridized carbons (Fsp3) is 0.400. The van der Waals surface area contributed by atoms with Crippen LogP contribution in [0.5, 0.6) is 0 Å². The second kappa shape index (κ2) is 4.84. The summed E-state index contributed by atoms with van der Waals surface area (Å²) in [7, 11) is 0. The van der Waals surface area contributed by atoms with Gasteiger partial charge in [-0.05, 0) is 12.1 Å². The smallest absolute Gasteiger partial charge is 0.0823 e. The Bertz CT molecular complexity index is 234. The fourth-order valence-corrected chi connectivity index (χ4v) is 1.22. The van der Waals surface area contributed by atoms with Crippen molar-refractivity contribution in [3.63, 3.8) is 0 Å². The monoisotopic (exact) mass is 180 g/mol. The van der Waals surface area contributed by atoms with E-state index in [-0.39, 0.29) is 0 Å². The van der Waals surface area contributed by atoms with Crippen LogP contribution in [0.25, 0.3) is 0 Å². The van der Waals surface area contributed by atoms with Gasteiger partial charge < -0.3 is 0 Å². The number of benzene rings is 1. The van der Waals surface area contributed by atoms with E-state index in [4.69, 9.17) is 0 Å². The van der Waals surface area contributed by atoms with Crippen LogP contribution in [0.1, 0.15) is 13.8 Å². The van der Waals surface area contributed by atoms with E-state index in [1.807, 2.05) is 49.2 Å². The Morgan fingerprint density at radius 3 is 2.08 bits per heavy atom. The summed E-state index contributed by atoms with van der Waals surface area (Å²) < 4.78 is 0. The van der Waals surface area contributed by atoms with E-state index in [0.29, 0.717) is 0 Å². The van der Waals surface area contributed by atoms with Gasteiger partial charge in [0.25, 0.3) is 0 Å². The molecule has 0 heterocycles. The molecule has 13 heavy (non-hydrogen) atoms. The molecule has 3 nitrogen and oxygen atoms in total. The summed E-state index contributed by atoms with van der Waals surface area (Å²) in [5, 5.41) is 12.8.